The smallest absolute Gasteiger partial charge is 0.0243 e. The second-order valence-electron chi connectivity index (χ2n) is 6.90. The first kappa shape index (κ1) is 14.3. The van der Waals surface area contributed by atoms with Crippen LogP contribution in [0, 0.1) is 11.8 Å². The lowest BCUT2D eigenvalue weighted by atomic mass is 9.81. The SMILES string of the molecule is CC(CC1CCC1)NCC(C(C)C)N1CCCC1. The van der Waals surface area contributed by atoms with Crippen LogP contribution in [0.15, 0.2) is 0 Å². The fraction of sp³-hybridized carbons (Fsp3) is 1.00. The molecule has 1 saturated carbocycles. The van der Waals surface area contributed by atoms with Crippen molar-refractivity contribution >= 4 is 0 Å². The van der Waals surface area contributed by atoms with Gasteiger partial charge in [-0.2, -0.15) is 0 Å². The molecular formula is C16H32N2. The highest BCUT2D eigenvalue weighted by atomic mass is 15.2. The van der Waals surface area contributed by atoms with E-state index in [0.717, 1.165) is 17.9 Å². The molecule has 2 heteroatoms. The summed E-state index contributed by atoms with van der Waals surface area (Å²) >= 11 is 0. The first-order valence-electron chi connectivity index (χ1n) is 8.14. The summed E-state index contributed by atoms with van der Waals surface area (Å²) in [5.74, 6) is 1.79. The summed E-state index contributed by atoms with van der Waals surface area (Å²) in [5, 5.41) is 3.80. The second kappa shape index (κ2) is 6.91. The van der Waals surface area contributed by atoms with E-state index in [1.165, 1.54) is 58.2 Å². The zero-order valence-corrected chi connectivity index (χ0v) is 12.6. The predicted molar refractivity (Wildman–Crippen MR) is 78.9 cm³/mol. The molecule has 0 spiro atoms. The van der Waals surface area contributed by atoms with Crippen LogP contribution in [0.5, 0.6) is 0 Å². The molecule has 106 valence electrons. The van der Waals surface area contributed by atoms with E-state index in [0.29, 0.717) is 6.04 Å². The standard InChI is InChI=1S/C16H32N2/c1-13(2)16(18-9-4-5-10-18)12-17-14(3)11-15-7-6-8-15/h13-17H,4-12H2,1-3H3. The van der Waals surface area contributed by atoms with Crippen molar-refractivity contribution in [3.63, 3.8) is 0 Å². The fourth-order valence-electron chi connectivity index (χ4n) is 3.49. The largest absolute Gasteiger partial charge is 0.313 e. The van der Waals surface area contributed by atoms with Crippen molar-refractivity contribution in [2.75, 3.05) is 19.6 Å². The van der Waals surface area contributed by atoms with Gasteiger partial charge in [0.25, 0.3) is 0 Å². The highest BCUT2D eigenvalue weighted by molar-refractivity contribution is 4.82. The van der Waals surface area contributed by atoms with E-state index in [1.807, 2.05) is 0 Å². The third-order valence-corrected chi connectivity index (χ3v) is 4.97. The van der Waals surface area contributed by atoms with E-state index in [4.69, 9.17) is 0 Å². The molecule has 1 saturated heterocycles. The molecule has 2 rings (SSSR count). The third kappa shape index (κ3) is 3.96. The predicted octanol–water partition coefficient (Wildman–Crippen LogP) is 3.28. The van der Waals surface area contributed by atoms with Gasteiger partial charge in [-0.05, 0) is 51.1 Å². The molecule has 0 radical (unpaired) electrons. The minimum atomic E-state index is 0.708. The number of rotatable bonds is 7. The molecule has 1 aliphatic carbocycles. The lowest BCUT2D eigenvalue weighted by Gasteiger charge is -2.33. The maximum atomic E-state index is 3.80. The summed E-state index contributed by atoms with van der Waals surface area (Å²) in [5.41, 5.74) is 0. The van der Waals surface area contributed by atoms with Gasteiger partial charge in [-0.25, -0.2) is 0 Å². The maximum Gasteiger partial charge on any atom is 0.0243 e. The van der Waals surface area contributed by atoms with Gasteiger partial charge < -0.3 is 5.32 Å². The lowest BCUT2D eigenvalue weighted by molar-refractivity contribution is 0.177. The molecule has 2 nitrogen and oxygen atoms in total. The lowest BCUT2D eigenvalue weighted by Crippen LogP contribution is -2.46. The van der Waals surface area contributed by atoms with E-state index in [2.05, 4.69) is 31.0 Å². The van der Waals surface area contributed by atoms with Gasteiger partial charge in [0, 0.05) is 18.6 Å². The van der Waals surface area contributed by atoms with Crippen LogP contribution < -0.4 is 5.32 Å². The van der Waals surface area contributed by atoms with E-state index in [9.17, 15) is 0 Å². The molecular weight excluding hydrogens is 220 g/mol. The summed E-state index contributed by atoms with van der Waals surface area (Å²) < 4.78 is 0. The van der Waals surface area contributed by atoms with Crippen LogP contribution in [0.2, 0.25) is 0 Å². The Balaban J connectivity index is 1.70. The average molecular weight is 252 g/mol. The normalized spacial score (nSPS) is 25.3. The average Bonchev–Trinajstić information content (AvgIpc) is 2.77. The minimum Gasteiger partial charge on any atom is -0.313 e. The maximum absolute atomic E-state index is 3.80. The van der Waals surface area contributed by atoms with Gasteiger partial charge in [0.2, 0.25) is 0 Å². The second-order valence-corrected chi connectivity index (χ2v) is 6.90. The van der Waals surface area contributed by atoms with E-state index < -0.39 is 0 Å². The monoisotopic (exact) mass is 252 g/mol. The zero-order chi connectivity index (χ0) is 13.0. The Bertz CT molecular complexity index is 229. The molecule has 0 aromatic rings. The Morgan fingerprint density at radius 3 is 2.22 bits per heavy atom. The van der Waals surface area contributed by atoms with Crippen LogP contribution in [-0.4, -0.2) is 36.6 Å². The molecule has 2 atom stereocenters. The number of nitrogens with one attached hydrogen (secondary N) is 1. The van der Waals surface area contributed by atoms with Crippen molar-refractivity contribution in [1.29, 1.82) is 0 Å². The van der Waals surface area contributed by atoms with Gasteiger partial charge >= 0.3 is 0 Å². The summed E-state index contributed by atoms with van der Waals surface area (Å²) in [6, 6.07) is 1.45. The molecule has 2 fully saturated rings. The van der Waals surface area contributed by atoms with Crippen molar-refractivity contribution in [3.05, 3.63) is 0 Å². The minimum absolute atomic E-state index is 0.708. The van der Waals surface area contributed by atoms with Crippen molar-refractivity contribution in [2.45, 2.75) is 71.4 Å². The summed E-state index contributed by atoms with van der Waals surface area (Å²) in [6.45, 7) is 11.0. The van der Waals surface area contributed by atoms with Crippen LogP contribution in [-0.2, 0) is 0 Å². The van der Waals surface area contributed by atoms with Crippen molar-refractivity contribution in [3.8, 4) is 0 Å². The quantitative estimate of drug-likeness (QED) is 0.748. The number of likely N-dealkylation sites (tertiary alicyclic amines) is 1. The Morgan fingerprint density at radius 1 is 1.06 bits per heavy atom. The Hall–Kier alpha value is -0.0800. The molecule has 0 aromatic carbocycles. The molecule has 0 amide bonds. The Morgan fingerprint density at radius 2 is 1.72 bits per heavy atom. The van der Waals surface area contributed by atoms with E-state index in [1.54, 1.807) is 0 Å². The van der Waals surface area contributed by atoms with Crippen LogP contribution in [0.25, 0.3) is 0 Å². The van der Waals surface area contributed by atoms with E-state index in [-0.39, 0.29) is 0 Å². The number of hydrogen-bond donors (Lipinski definition) is 1. The van der Waals surface area contributed by atoms with Gasteiger partial charge in [0.1, 0.15) is 0 Å². The Labute approximate surface area is 114 Å². The van der Waals surface area contributed by atoms with Crippen LogP contribution in [0.4, 0.5) is 0 Å². The molecule has 18 heavy (non-hydrogen) atoms. The zero-order valence-electron chi connectivity index (χ0n) is 12.6. The van der Waals surface area contributed by atoms with Gasteiger partial charge in [-0.1, -0.05) is 33.1 Å². The molecule has 1 aliphatic heterocycles. The van der Waals surface area contributed by atoms with Crippen molar-refractivity contribution in [2.24, 2.45) is 11.8 Å². The fourth-order valence-corrected chi connectivity index (χ4v) is 3.49. The first-order chi connectivity index (χ1) is 8.66. The summed E-state index contributed by atoms with van der Waals surface area (Å²) in [7, 11) is 0. The number of nitrogens with zero attached hydrogens (tertiary/aromatic N) is 1. The molecule has 0 aromatic heterocycles. The van der Waals surface area contributed by atoms with E-state index >= 15 is 0 Å². The van der Waals surface area contributed by atoms with Gasteiger partial charge in [0.05, 0.1) is 0 Å². The summed E-state index contributed by atoms with van der Waals surface area (Å²) in [6.07, 6.45) is 8.63. The highest BCUT2D eigenvalue weighted by Gasteiger charge is 2.25. The molecule has 2 unspecified atom stereocenters. The van der Waals surface area contributed by atoms with Crippen molar-refractivity contribution in [1.82, 2.24) is 10.2 Å². The summed E-state index contributed by atoms with van der Waals surface area (Å²) in [4.78, 5) is 2.70. The Kier molecular flexibility index (Phi) is 5.50. The molecule has 1 heterocycles. The van der Waals surface area contributed by atoms with Crippen LogP contribution >= 0.6 is 0 Å². The topological polar surface area (TPSA) is 15.3 Å². The van der Waals surface area contributed by atoms with Crippen LogP contribution in [0.1, 0.15) is 59.3 Å². The van der Waals surface area contributed by atoms with Crippen molar-refractivity contribution < 1.29 is 0 Å². The highest BCUT2D eigenvalue weighted by Crippen LogP contribution is 2.30. The van der Waals surface area contributed by atoms with Gasteiger partial charge in [0.15, 0.2) is 0 Å². The number of hydrogen-bond acceptors (Lipinski definition) is 2. The molecule has 1 N–H and O–H groups in total. The van der Waals surface area contributed by atoms with Gasteiger partial charge in [-0.15, -0.1) is 0 Å². The first-order valence-corrected chi connectivity index (χ1v) is 8.14. The van der Waals surface area contributed by atoms with Gasteiger partial charge in [-0.3, -0.25) is 4.90 Å². The third-order valence-electron chi connectivity index (χ3n) is 4.97. The van der Waals surface area contributed by atoms with Crippen LogP contribution in [0.3, 0.4) is 0 Å². The molecule has 0 bridgehead atoms. The molecule has 2 aliphatic rings.